The second-order valence-corrected chi connectivity index (χ2v) is 7.11. The molecule has 0 unspecified atom stereocenters. The molecule has 1 saturated heterocycles. The Kier molecular flexibility index (Phi) is 12.1. The fourth-order valence-electron chi connectivity index (χ4n) is 3.14. The second-order valence-electron chi connectivity index (χ2n) is 7.11. The molecular formula is C19H30N4O9. The van der Waals surface area contributed by atoms with Crippen molar-refractivity contribution in [2.75, 3.05) is 19.8 Å². The third-order valence-electron chi connectivity index (χ3n) is 4.32. The van der Waals surface area contributed by atoms with Gasteiger partial charge in [-0.25, -0.2) is 0 Å². The average Bonchev–Trinajstić information content (AvgIpc) is 2.68. The van der Waals surface area contributed by atoms with E-state index in [0.29, 0.717) is 19.4 Å². The molecule has 13 heteroatoms. The molecule has 1 aliphatic heterocycles. The maximum atomic E-state index is 11.8. The van der Waals surface area contributed by atoms with Crippen molar-refractivity contribution in [3.05, 3.63) is 10.4 Å². The molecular weight excluding hydrogens is 428 g/mol. The van der Waals surface area contributed by atoms with Crippen molar-refractivity contribution in [1.82, 2.24) is 5.32 Å². The molecule has 1 N–H and O–H groups in total. The Bertz CT molecular complexity index is 711. The molecule has 1 aliphatic rings. The summed E-state index contributed by atoms with van der Waals surface area (Å²) in [5, 5.41) is 6.08. The number of nitrogens with zero attached hydrogens (tertiary/aromatic N) is 3. The monoisotopic (exact) mass is 458 g/mol. The zero-order chi connectivity index (χ0) is 24.1. The van der Waals surface area contributed by atoms with E-state index in [1.54, 1.807) is 0 Å². The van der Waals surface area contributed by atoms with Crippen LogP contribution >= 0.6 is 0 Å². The smallest absolute Gasteiger partial charge is 0.303 e. The number of unbranched alkanes of at least 4 members (excludes halogenated alkanes) is 2. The normalized spacial score (nSPS) is 24.6. The van der Waals surface area contributed by atoms with Gasteiger partial charge in [-0.3, -0.25) is 19.2 Å². The van der Waals surface area contributed by atoms with E-state index in [4.69, 9.17) is 29.2 Å². The van der Waals surface area contributed by atoms with Gasteiger partial charge in [0, 0.05) is 45.8 Å². The van der Waals surface area contributed by atoms with Crippen LogP contribution in [0.5, 0.6) is 0 Å². The number of amides is 1. The number of esters is 3. The van der Waals surface area contributed by atoms with Gasteiger partial charge >= 0.3 is 17.9 Å². The average molecular weight is 458 g/mol. The molecule has 0 aromatic heterocycles. The van der Waals surface area contributed by atoms with Crippen LogP contribution < -0.4 is 5.32 Å². The van der Waals surface area contributed by atoms with Gasteiger partial charge in [-0.05, 0) is 18.4 Å². The van der Waals surface area contributed by atoms with Crippen LogP contribution in [0.4, 0.5) is 0 Å². The number of hydrogen-bond acceptors (Lipinski definition) is 10. The standard InChI is InChI=1S/C19H30N4O9/c1-11(24)22-16-18(31-14(4)27)17(30-13(3)26)15(10-29-12(2)25)32-19(16)28-9-7-5-6-8-21-23-20/h15-19H,5-10H2,1-4H3,(H,22,24)/t15-,16-,17+,18-,19-/m1/s1. The Hall–Kier alpha value is -2.89. The lowest BCUT2D eigenvalue weighted by molar-refractivity contribution is -0.277. The summed E-state index contributed by atoms with van der Waals surface area (Å²) < 4.78 is 27.4. The number of rotatable bonds is 12. The quantitative estimate of drug-likeness (QED) is 0.112. The number of carbonyl (C=O) groups is 4. The van der Waals surface area contributed by atoms with Gasteiger partial charge in [-0.2, -0.15) is 0 Å². The molecule has 0 bridgehead atoms. The highest BCUT2D eigenvalue weighted by atomic mass is 16.7. The molecule has 0 spiro atoms. The molecule has 0 saturated carbocycles. The lowest BCUT2D eigenvalue weighted by Gasteiger charge is -2.44. The van der Waals surface area contributed by atoms with E-state index in [1.165, 1.54) is 27.7 Å². The molecule has 13 nitrogen and oxygen atoms in total. The van der Waals surface area contributed by atoms with E-state index in [0.717, 1.165) is 6.42 Å². The van der Waals surface area contributed by atoms with E-state index in [1.807, 2.05) is 0 Å². The van der Waals surface area contributed by atoms with Gasteiger partial charge in [0.05, 0.1) is 0 Å². The van der Waals surface area contributed by atoms with Gasteiger partial charge in [0.1, 0.15) is 18.8 Å². The predicted octanol–water partition coefficient (Wildman–Crippen LogP) is 1.14. The third kappa shape index (κ3) is 9.94. The van der Waals surface area contributed by atoms with Crippen molar-refractivity contribution in [2.24, 2.45) is 5.11 Å². The number of azide groups is 1. The summed E-state index contributed by atoms with van der Waals surface area (Å²) in [7, 11) is 0. The zero-order valence-corrected chi connectivity index (χ0v) is 18.6. The second kappa shape index (κ2) is 14.2. The number of hydrogen-bond donors (Lipinski definition) is 1. The number of nitrogens with one attached hydrogen (secondary N) is 1. The first kappa shape index (κ1) is 27.1. The molecule has 32 heavy (non-hydrogen) atoms. The van der Waals surface area contributed by atoms with Crippen LogP contribution in [-0.2, 0) is 42.9 Å². The Morgan fingerprint density at radius 3 is 2.19 bits per heavy atom. The van der Waals surface area contributed by atoms with Crippen LogP contribution in [0.25, 0.3) is 10.4 Å². The first-order chi connectivity index (χ1) is 15.1. The minimum Gasteiger partial charge on any atom is -0.463 e. The molecule has 0 aromatic rings. The van der Waals surface area contributed by atoms with E-state index >= 15 is 0 Å². The highest BCUT2D eigenvalue weighted by Gasteiger charge is 2.51. The summed E-state index contributed by atoms with van der Waals surface area (Å²) in [5.41, 5.74) is 8.29. The largest absolute Gasteiger partial charge is 0.463 e. The first-order valence-electron chi connectivity index (χ1n) is 10.2. The molecule has 1 rings (SSSR count). The molecule has 5 atom stereocenters. The Morgan fingerprint density at radius 2 is 1.62 bits per heavy atom. The van der Waals surface area contributed by atoms with E-state index in [9.17, 15) is 19.2 Å². The van der Waals surface area contributed by atoms with Crippen molar-refractivity contribution >= 4 is 23.8 Å². The third-order valence-corrected chi connectivity index (χ3v) is 4.32. The molecule has 0 aromatic carbocycles. The van der Waals surface area contributed by atoms with Crippen LogP contribution in [0.2, 0.25) is 0 Å². The lowest BCUT2D eigenvalue weighted by atomic mass is 9.96. The first-order valence-corrected chi connectivity index (χ1v) is 10.2. The highest BCUT2D eigenvalue weighted by Crippen LogP contribution is 2.28. The summed E-state index contributed by atoms with van der Waals surface area (Å²) in [5.74, 6) is -2.38. The van der Waals surface area contributed by atoms with Gasteiger partial charge in [0.25, 0.3) is 0 Å². The van der Waals surface area contributed by atoms with Gasteiger partial charge in [-0.1, -0.05) is 11.5 Å². The summed E-state index contributed by atoms with van der Waals surface area (Å²) in [6.07, 6.45) is -2.39. The minimum absolute atomic E-state index is 0.225. The van der Waals surface area contributed by atoms with Crippen molar-refractivity contribution < 1.29 is 42.9 Å². The summed E-state index contributed by atoms with van der Waals surface area (Å²) >= 11 is 0. The minimum atomic E-state index is -1.16. The van der Waals surface area contributed by atoms with Gasteiger partial charge in [0.2, 0.25) is 5.91 Å². The van der Waals surface area contributed by atoms with Crippen LogP contribution in [0.1, 0.15) is 47.0 Å². The topological polar surface area (TPSA) is 175 Å². The molecule has 0 radical (unpaired) electrons. The van der Waals surface area contributed by atoms with E-state index < -0.39 is 54.5 Å². The SMILES string of the molecule is CC(=O)N[C@H]1[C@H](OCCCCCN=[N+]=[N-])O[C@H](COC(C)=O)[C@H](OC(C)=O)[C@@H]1OC(C)=O. The molecule has 180 valence electrons. The molecule has 0 aliphatic carbocycles. The summed E-state index contributed by atoms with van der Waals surface area (Å²) in [6, 6.07) is -0.988. The van der Waals surface area contributed by atoms with Crippen LogP contribution in [0.15, 0.2) is 5.11 Å². The van der Waals surface area contributed by atoms with Crippen LogP contribution in [0, 0.1) is 0 Å². The predicted molar refractivity (Wildman–Crippen MR) is 108 cm³/mol. The maximum absolute atomic E-state index is 11.8. The van der Waals surface area contributed by atoms with Crippen molar-refractivity contribution in [3.63, 3.8) is 0 Å². The van der Waals surface area contributed by atoms with Crippen molar-refractivity contribution in [3.8, 4) is 0 Å². The van der Waals surface area contributed by atoms with Gasteiger partial charge in [-0.15, -0.1) is 0 Å². The van der Waals surface area contributed by atoms with Gasteiger partial charge < -0.3 is 29.0 Å². The van der Waals surface area contributed by atoms with Crippen molar-refractivity contribution in [2.45, 2.75) is 77.6 Å². The Balaban J connectivity index is 3.05. The van der Waals surface area contributed by atoms with Crippen LogP contribution in [0.3, 0.4) is 0 Å². The lowest BCUT2D eigenvalue weighted by Crippen LogP contribution is -2.66. The summed E-state index contributed by atoms with van der Waals surface area (Å²) in [4.78, 5) is 49.2. The number of ether oxygens (including phenoxy) is 5. The van der Waals surface area contributed by atoms with Crippen LogP contribution in [-0.4, -0.2) is 74.2 Å². The highest BCUT2D eigenvalue weighted by molar-refractivity contribution is 5.73. The fourth-order valence-corrected chi connectivity index (χ4v) is 3.14. The molecule has 1 fully saturated rings. The Morgan fingerprint density at radius 1 is 0.969 bits per heavy atom. The summed E-state index contributed by atoms with van der Waals surface area (Å²) in [6.45, 7) is 5.12. The molecule has 1 heterocycles. The number of carbonyl (C=O) groups excluding carboxylic acids is 4. The van der Waals surface area contributed by atoms with E-state index in [-0.39, 0.29) is 13.2 Å². The zero-order valence-electron chi connectivity index (χ0n) is 18.6. The maximum Gasteiger partial charge on any atom is 0.303 e. The van der Waals surface area contributed by atoms with Gasteiger partial charge in [0.15, 0.2) is 18.5 Å². The Labute approximate surface area is 185 Å². The fraction of sp³-hybridized carbons (Fsp3) is 0.789. The molecule has 1 amide bonds. The van der Waals surface area contributed by atoms with E-state index in [2.05, 4.69) is 15.3 Å². The van der Waals surface area contributed by atoms with Crippen molar-refractivity contribution in [1.29, 1.82) is 0 Å².